The van der Waals surface area contributed by atoms with E-state index in [-0.39, 0.29) is 0 Å². The number of aromatic nitrogens is 2. The maximum atomic E-state index is 5.84. The van der Waals surface area contributed by atoms with Crippen molar-refractivity contribution < 1.29 is 0 Å². The normalized spacial score (nSPS) is 10.6. The molecule has 0 fully saturated rings. The third kappa shape index (κ3) is 1.37. The molecule has 0 saturated carbocycles. The summed E-state index contributed by atoms with van der Waals surface area (Å²) in [5, 5.41) is 0.989. The Labute approximate surface area is 87.0 Å². The molecule has 0 unspecified atom stereocenters. The fourth-order valence-electron chi connectivity index (χ4n) is 1.61. The van der Waals surface area contributed by atoms with E-state index < -0.39 is 0 Å². The number of nitrogen functional groups attached to an aromatic ring is 1. The van der Waals surface area contributed by atoms with Crippen LogP contribution in [0.1, 0.15) is 12.5 Å². The van der Waals surface area contributed by atoms with E-state index in [1.807, 2.05) is 12.1 Å². The Morgan fingerprint density at radius 1 is 1.50 bits per heavy atom. The van der Waals surface area contributed by atoms with Gasteiger partial charge in [0.1, 0.15) is 5.82 Å². The van der Waals surface area contributed by atoms with Crippen LogP contribution in [0, 0.1) is 4.77 Å². The standard InChI is InChI=1S/C10H11N3S/c1-2-6-4-3-5-7-8(6)9(11)13-10(14)12-7/h3-5H,2H2,1H3,(H3,11,12,13,14). The number of anilines is 1. The smallest absolute Gasteiger partial charge is 0.199 e. The Balaban J connectivity index is 2.94. The molecule has 0 bridgehead atoms. The number of nitrogens with one attached hydrogen (secondary N) is 1. The van der Waals surface area contributed by atoms with Crippen molar-refractivity contribution in [3.63, 3.8) is 0 Å². The Morgan fingerprint density at radius 3 is 3.00 bits per heavy atom. The molecule has 0 aliphatic rings. The van der Waals surface area contributed by atoms with Gasteiger partial charge in [0.2, 0.25) is 0 Å². The van der Waals surface area contributed by atoms with Gasteiger partial charge in [0.25, 0.3) is 0 Å². The van der Waals surface area contributed by atoms with Crippen molar-refractivity contribution in [3.05, 3.63) is 28.5 Å². The lowest BCUT2D eigenvalue weighted by Crippen LogP contribution is -1.97. The van der Waals surface area contributed by atoms with Crippen molar-refractivity contribution in [1.82, 2.24) is 9.97 Å². The third-order valence-corrected chi connectivity index (χ3v) is 2.44. The van der Waals surface area contributed by atoms with E-state index in [2.05, 4.69) is 23.0 Å². The van der Waals surface area contributed by atoms with Crippen molar-refractivity contribution in [2.45, 2.75) is 13.3 Å². The number of aromatic amines is 1. The Hall–Kier alpha value is -1.42. The first-order chi connectivity index (χ1) is 6.72. The van der Waals surface area contributed by atoms with Gasteiger partial charge in [-0.05, 0) is 30.3 Å². The van der Waals surface area contributed by atoms with Crippen molar-refractivity contribution in [2.75, 3.05) is 5.73 Å². The van der Waals surface area contributed by atoms with Gasteiger partial charge in [-0.25, -0.2) is 4.98 Å². The monoisotopic (exact) mass is 205 g/mol. The van der Waals surface area contributed by atoms with Crippen molar-refractivity contribution in [2.24, 2.45) is 0 Å². The van der Waals surface area contributed by atoms with E-state index in [0.29, 0.717) is 10.6 Å². The number of nitrogens with zero attached hydrogens (tertiary/aromatic N) is 1. The van der Waals surface area contributed by atoms with Crippen molar-refractivity contribution in [1.29, 1.82) is 0 Å². The lowest BCUT2D eigenvalue weighted by Gasteiger charge is -2.05. The molecular weight excluding hydrogens is 194 g/mol. The quantitative estimate of drug-likeness (QED) is 0.703. The molecule has 0 amide bonds. The van der Waals surface area contributed by atoms with Crippen molar-refractivity contribution in [3.8, 4) is 0 Å². The minimum absolute atomic E-state index is 0.434. The number of hydrogen-bond acceptors (Lipinski definition) is 3. The van der Waals surface area contributed by atoms with E-state index in [9.17, 15) is 0 Å². The fourth-order valence-corrected chi connectivity index (χ4v) is 1.82. The van der Waals surface area contributed by atoms with Gasteiger partial charge in [-0.3, -0.25) is 0 Å². The Bertz CT molecular complexity index is 530. The van der Waals surface area contributed by atoms with E-state index in [0.717, 1.165) is 17.3 Å². The molecule has 3 nitrogen and oxygen atoms in total. The van der Waals surface area contributed by atoms with Crippen LogP contribution in [0.3, 0.4) is 0 Å². The van der Waals surface area contributed by atoms with Crippen LogP contribution in [0.2, 0.25) is 0 Å². The first kappa shape index (κ1) is 9.15. The number of hydrogen-bond donors (Lipinski definition) is 2. The second kappa shape index (κ2) is 3.38. The minimum Gasteiger partial charge on any atom is -0.383 e. The summed E-state index contributed by atoms with van der Waals surface area (Å²) < 4.78 is 0.434. The molecule has 0 atom stereocenters. The van der Waals surface area contributed by atoms with Crippen molar-refractivity contribution >= 4 is 28.9 Å². The Morgan fingerprint density at radius 2 is 2.29 bits per heavy atom. The molecule has 2 rings (SSSR count). The van der Waals surface area contributed by atoms with Crippen LogP contribution >= 0.6 is 12.2 Å². The van der Waals surface area contributed by atoms with Gasteiger partial charge in [-0.1, -0.05) is 19.1 Å². The number of rotatable bonds is 1. The average Bonchev–Trinajstić information content (AvgIpc) is 2.16. The van der Waals surface area contributed by atoms with E-state index in [4.69, 9.17) is 18.0 Å². The Kier molecular flexibility index (Phi) is 2.21. The lowest BCUT2D eigenvalue weighted by molar-refractivity contribution is 1.14. The van der Waals surface area contributed by atoms with Crippen LogP contribution in [0.15, 0.2) is 18.2 Å². The first-order valence-corrected chi connectivity index (χ1v) is 4.90. The summed E-state index contributed by atoms with van der Waals surface area (Å²) in [6.07, 6.45) is 0.938. The second-order valence-electron chi connectivity index (χ2n) is 3.12. The maximum absolute atomic E-state index is 5.84. The zero-order valence-corrected chi connectivity index (χ0v) is 8.69. The van der Waals surface area contributed by atoms with E-state index in [1.54, 1.807) is 0 Å². The third-order valence-electron chi connectivity index (χ3n) is 2.25. The van der Waals surface area contributed by atoms with Gasteiger partial charge in [-0.15, -0.1) is 0 Å². The van der Waals surface area contributed by atoms with Crippen LogP contribution < -0.4 is 5.73 Å². The zero-order chi connectivity index (χ0) is 10.1. The zero-order valence-electron chi connectivity index (χ0n) is 7.87. The molecule has 0 spiro atoms. The molecule has 0 saturated heterocycles. The van der Waals surface area contributed by atoms with Crippen LogP contribution in [0.25, 0.3) is 10.9 Å². The molecule has 14 heavy (non-hydrogen) atoms. The minimum atomic E-state index is 0.434. The van der Waals surface area contributed by atoms with Crippen LogP contribution in [0.4, 0.5) is 5.82 Å². The van der Waals surface area contributed by atoms with Gasteiger partial charge >= 0.3 is 0 Å². The first-order valence-electron chi connectivity index (χ1n) is 4.49. The van der Waals surface area contributed by atoms with Crippen LogP contribution in [0.5, 0.6) is 0 Å². The van der Waals surface area contributed by atoms with E-state index in [1.165, 1.54) is 5.56 Å². The summed E-state index contributed by atoms with van der Waals surface area (Å²) in [6.45, 7) is 2.09. The molecule has 0 radical (unpaired) electrons. The summed E-state index contributed by atoms with van der Waals surface area (Å²) in [6, 6.07) is 6.01. The largest absolute Gasteiger partial charge is 0.383 e. The summed E-state index contributed by atoms with van der Waals surface area (Å²) in [7, 11) is 0. The summed E-state index contributed by atoms with van der Waals surface area (Å²) >= 11 is 4.96. The predicted octanol–water partition coefficient (Wildman–Crippen LogP) is 2.44. The molecule has 3 N–H and O–H groups in total. The SMILES string of the molecule is CCc1cccc2[nH]c(=S)nc(N)c12. The van der Waals surface area contributed by atoms with Gasteiger partial charge in [-0.2, -0.15) is 0 Å². The fraction of sp³-hybridized carbons (Fsp3) is 0.200. The number of aryl methyl sites for hydroxylation is 1. The second-order valence-corrected chi connectivity index (χ2v) is 3.51. The highest BCUT2D eigenvalue weighted by atomic mass is 32.1. The molecule has 1 aromatic heterocycles. The molecular formula is C10H11N3S. The molecule has 1 aromatic carbocycles. The van der Waals surface area contributed by atoms with Crippen LogP contribution in [-0.2, 0) is 6.42 Å². The number of benzene rings is 1. The van der Waals surface area contributed by atoms with Gasteiger partial charge in [0.15, 0.2) is 4.77 Å². The topological polar surface area (TPSA) is 54.7 Å². The lowest BCUT2D eigenvalue weighted by atomic mass is 10.1. The average molecular weight is 205 g/mol. The molecule has 72 valence electrons. The summed E-state index contributed by atoms with van der Waals surface area (Å²) in [4.78, 5) is 7.08. The summed E-state index contributed by atoms with van der Waals surface area (Å²) in [5.74, 6) is 0.515. The summed E-state index contributed by atoms with van der Waals surface area (Å²) in [5.41, 5.74) is 7.99. The van der Waals surface area contributed by atoms with Gasteiger partial charge in [0.05, 0.1) is 5.52 Å². The molecule has 2 aromatic rings. The number of fused-ring (bicyclic) bond motifs is 1. The van der Waals surface area contributed by atoms with Gasteiger partial charge < -0.3 is 10.7 Å². The predicted molar refractivity (Wildman–Crippen MR) is 60.7 cm³/mol. The molecule has 0 aliphatic heterocycles. The number of nitrogens with two attached hydrogens (primary N) is 1. The molecule has 4 heteroatoms. The highest BCUT2D eigenvalue weighted by molar-refractivity contribution is 7.71. The maximum Gasteiger partial charge on any atom is 0.199 e. The van der Waals surface area contributed by atoms with Crippen LogP contribution in [-0.4, -0.2) is 9.97 Å². The molecule has 0 aliphatic carbocycles. The number of H-pyrrole nitrogens is 1. The van der Waals surface area contributed by atoms with E-state index >= 15 is 0 Å². The highest BCUT2D eigenvalue weighted by Crippen LogP contribution is 2.21. The highest BCUT2D eigenvalue weighted by Gasteiger charge is 2.03. The molecule has 1 heterocycles. The van der Waals surface area contributed by atoms with Gasteiger partial charge in [0, 0.05) is 5.39 Å².